The van der Waals surface area contributed by atoms with Crippen molar-refractivity contribution in [2.24, 2.45) is 5.73 Å². The molecule has 0 unspecified atom stereocenters. The van der Waals surface area contributed by atoms with Gasteiger partial charge >= 0.3 is 6.09 Å². The summed E-state index contributed by atoms with van der Waals surface area (Å²) in [5.74, 6) is -0.346. The van der Waals surface area contributed by atoms with E-state index in [4.69, 9.17) is 14.9 Å². The van der Waals surface area contributed by atoms with Gasteiger partial charge in [-0.2, -0.15) is 0 Å². The lowest BCUT2D eigenvalue weighted by atomic mass is 10.1. The monoisotopic (exact) mass is 360 g/mol. The lowest BCUT2D eigenvalue weighted by molar-refractivity contribution is -0.120. The molecule has 0 radical (unpaired) electrons. The minimum atomic E-state index is -1.79. The standard InChI is InChI=1S/C17H36N2O4Si/c1-16(2,3)23-15(21)19-14(20)11-9-10-13(18)12-22-24(7,8)17(4,5)6/h13H,9-12,18H2,1-8H3,(H,19,20,21)/t13-/m0/s1. The molecule has 0 rings (SSSR count). The van der Waals surface area contributed by atoms with Crippen molar-refractivity contribution in [2.75, 3.05) is 6.61 Å². The molecule has 0 aliphatic heterocycles. The number of hydrogen-bond acceptors (Lipinski definition) is 5. The molecular formula is C17H36N2O4Si. The molecule has 24 heavy (non-hydrogen) atoms. The summed E-state index contributed by atoms with van der Waals surface area (Å²) < 4.78 is 11.1. The third-order valence-corrected chi connectivity index (χ3v) is 8.58. The molecule has 142 valence electrons. The summed E-state index contributed by atoms with van der Waals surface area (Å²) in [6.07, 6.45) is 0.818. The highest BCUT2D eigenvalue weighted by Gasteiger charge is 2.37. The van der Waals surface area contributed by atoms with Crippen molar-refractivity contribution in [3.63, 3.8) is 0 Å². The number of imide groups is 1. The van der Waals surface area contributed by atoms with E-state index in [1.54, 1.807) is 20.8 Å². The molecule has 0 saturated heterocycles. The Morgan fingerprint density at radius 2 is 1.67 bits per heavy atom. The zero-order valence-corrected chi connectivity index (χ0v) is 17.6. The summed E-state index contributed by atoms with van der Waals surface area (Å²) >= 11 is 0. The van der Waals surface area contributed by atoms with Crippen molar-refractivity contribution in [1.29, 1.82) is 0 Å². The predicted molar refractivity (Wildman–Crippen MR) is 99.4 cm³/mol. The van der Waals surface area contributed by atoms with Gasteiger partial charge in [-0.25, -0.2) is 4.79 Å². The highest BCUT2D eigenvalue weighted by molar-refractivity contribution is 6.74. The minimum Gasteiger partial charge on any atom is -0.444 e. The van der Waals surface area contributed by atoms with Gasteiger partial charge in [-0.05, 0) is 51.7 Å². The lowest BCUT2D eigenvalue weighted by Gasteiger charge is -2.36. The Morgan fingerprint density at radius 3 is 2.12 bits per heavy atom. The zero-order chi connectivity index (χ0) is 19.2. The number of ether oxygens (including phenoxy) is 1. The van der Waals surface area contributed by atoms with Crippen LogP contribution in [0.2, 0.25) is 18.1 Å². The van der Waals surface area contributed by atoms with Gasteiger partial charge in [0, 0.05) is 19.1 Å². The normalized spacial score (nSPS) is 14.2. The molecule has 3 N–H and O–H groups in total. The van der Waals surface area contributed by atoms with E-state index in [2.05, 4.69) is 39.2 Å². The van der Waals surface area contributed by atoms with Crippen LogP contribution in [0.3, 0.4) is 0 Å². The number of rotatable bonds is 7. The van der Waals surface area contributed by atoms with E-state index in [0.717, 1.165) is 0 Å². The molecule has 0 aromatic rings. The van der Waals surface area contributed by atoms with Gasteiger partial charge in [0.15, 0.2) is 8.32 Å². The summed E-state index contributed by atoms with van der Waals surface area (Å²) in [4.78, 5) is 23.2. The maximum absolute atomic E-state index is 11.7. The fourth-order valence-corrected chi connectivity index (χ4v) is 2.68. The van der Waals surface area contributed by atoms with Crippen LogP contribution in [-0.2, 0) is 14.0 Å². The first kappa shape index (κ1) is 23.1. The SMILES string of the molecule is CC(C)(C)OC(=O)NC(=O)CCC[C@H](N)CO[Si](C)(C)C(C)(C)C. The van der Waals surface area contributed by atoms with Crippen molar-refractivity contribution in [1.82, 2.24) is 5.32 Å². The molecular weight excluding hydrogens is 324 g/mol. The number of carbonyl (C=O) groups is 2. The fourth-order valence-electron chi connectivity index (χ4n) is 1.62. The third-order valence-electron chi connectivity index (χ3n) is 4.08. The summed E-state index contributed by atoms with van der Waals surface area (Å²) in [7, 11) is -1.79. The number of nitrogens with one attached hydrogen (secondary N) is 1. The average molecular weight is 361 g/mol. The second-order valence-corrected chi connectivity index (χ2v) is 13.6. The molecule has 0 aromatic carbocycles. The quantitative estimate of drug-likeness (QED) is 0.677. The molecule has 6 nitrogen and oxygen atoms in total. The largest absolute Gasteiger partial charge is 0.444 e. The second-order valence-electron chi connectivity index (χ2n) is 8.77. The Bertz CT molecular complexity index is 425. The predicted octanol–water partition coefficient (Wildman–Crippen LogP) is 3.56. The van der Waals surface area contributed by atoms with Crippen LogP contribution in [0, 0.1) is 0 Å². The summed E-state index contributed by atoms with van der Waals surface area (Å²) in [5.41, 5.74) is 5.45. The van der Waals surface area contributed by atoms with Gasteiger partial charge in [-0.3, -0.25) is 10.1 Å². The molecule has 0 bridgehead atoms. The fraction of sp³-hybridized carbons (Fsp3) is 0.882. The Labute approximate surface area is 148 Å². The molecule has 0 heterocycles. The molecule has 0 aliphatic rings. The van der Waals surface area contributed by atoms with E-state index in [-0.39, 0.29) is 23.4 Å². The van der Waals surface area contributed by atoms with Crippen LogP contribution in [-0.4, -0.2) is 38.6 Å². The summed E-state index contributed by atoms with van der Waals surface area (Å²) in [6, 6.07) is -0.103. The van der Waals surface area contributed by atoms with Crippen LogP contribution < -0.4 is 11.1 Å². The van der Waals surface area contributed by atoms with Gasteiger partial charge in [0.2, 0.25) is 5.91 Å². The van der Waals surface area contributed by atoms with Gasteiger partial charge < -0.3 is 14.9 Å². The van der Waals surface area contributed by atoms with Crippen LogP contribution in [0.25, 0.3) is 0 Å². The van der Waals surface area contributed by atoms with E-state index >= 15 is 0 Å². The molecule has 1 atom stereocenters. The van der Waals surface area contributed by atoms with Crippen molar-refractivity contribution in [3.8, 4) is 0 Å². The Balaban J connectivity index is 4.03. The minimum absolute atomic E-state index is 0.103. The van der Waals surface area contributed by atoms with E-state index in [1.165, 1.54) is 0 Å². The van der Waals surface area contributed by atoms with Gasteiger partial charge in [-0.15, -0.1) is 0 Å². The zero-order valence-electron chi connectivity index (χ0n) is 16.6. The molecule has 2 amide bonds. The highest BCUT2D eigenvalue weighted by Crippen LogP contribution is 2.36. The Hall–Kier alpha value is -0.923. The first-order valence-corrected chi connectivity index (χ1v) is 11.5. The first-order chi connectivity index (χ1) is 10.6. The van der Waals surface area contributed by atoms with E-state index in [1.807, 2.05) is 0 Å². The van der Waals surface area contributed by atoms with E-state index in [0.29, 0.717) is 19.4 Å². The maximum Gasteiger partial charge on any atom is 0.414 e. The molecule has 0 aliphatic carbocycles. The van der Waals surface area contributed by atoms with Crippen LogP contribution in [0.4, 0.5) is 4.79 Å². The molecule has 0 aromatic heterocycles. The number of amides is 2. The van der Waals surface area contributed by atoms with Gasteiger partial charge in [0.1, 0.15) is 5.60 Å². The van der Waals surface area contributed by atoms with Crippen molar-refractivity contribution in [3.05, 3.63) is 0 Å². The Morgan fingerprint density at radius 1 is 1.12 bits per heavy atom. The molecule has 0 fully saturated rings. The van der Waals surface area contributed by atoms with Crippen LogP contribution in [0.1, 0.15) is 60.8 Å². The lowest BCUT2D eigenvalue weighted by Crippen LogP contribution is -2.44. The van der Waals surface area contributed by atoms with Crippen molar-refractivity contribution < 1.29 is 18.8 Å². The number of alkyl carbamates (subject to hydrolysis) is 1. The summed E-state index contributed by atoms with van der Waals surface area (Å²) in [5, 5.41) is 2.37. The van der Waals surface area contributed by atoms with Crippen LogP contribution >= 0.6 is 0 Å². The molecule has 0 saturated carbocycles. The summed E-state index contributed by atoms with van der Waals surface area (Å²) in [6.45, 7) is 16.7. The van der Waals surface area contributed by atoms with Crippen LogP contribution in [0.5, 0.6) is 0 Å². The van der Waals surface area contributed by atoms with Gasteiger partial charge in [0.05, 0.1) is 0 Å². The van der Waals surface area contributed by atoms with E-state index < -0.39 is 20.0 Å². The van der Waals surface area contributed by atoms with Crippen LogP contribution in [0.15, 0.2) is 0 Å². The topological polar surface area (TPSA) is 90.7 Å². The van der Waals surface area contributed by atoms with Gasteiger partial charge in [0.25, 0.3) is 0 Å². The average Bonchev–Trinajstić information content (AvgIpc) is 2.32. The third kappa shape index (κ3) is 10.0. The maximum atomic E-state index is 11.7. The first-order valence-electron chi connectivity index (χ1n) is 8.56. The molecule has 7 heteroatoms. The smallest absolute Gasteiger partial charge is 0.414 e. The van der Waals surface area contributed by atoms with Crippen molar-refractivity contribution >= 4 is 20.3 Å². The van der Waals surface area contributed by atoms with Crippen molar-refractivity contribution in [2.45, 2.75) is 90.6 Å². The number of nitrogens with two attached hydrogens (primary N) is 1. The highest BCUT2D eigenvalue weighted by atomic mass is 28.4. The Kier molecular flexibility index (Phi) is 8.62. The second kappa shape index (κ2) is 8.96. The van der Waals surface area contributed by atoms with Gasteiger partial charge in [-0.1, -0.05) is 20.8 Å². The van der Waals surface area contributed by atoms with E-state index in [9.17, 15) is 9.59 Å². The number of carbonyl (C=O) groups excluding carboxylic acids is 2. The number of hydrogen-bond donors (Lipinski definition) is 2. The molecule has 0 spiro atoms.